The highest BCUT2D eigenvalue weighted by molar-refractivity contribution is 7.85. The van der Waals surface area contributed by atoms with Gasteiger partial charge in [-0.2, -0.15) is 0 Å². The highest BCUT2D eigenvalue weighted by atomic mass is 32.2. The quantitative estimate of drug-likeness (QED) is 0.418. The summed E-state index contributed by atoms with van der Waals surface area (Å²) in [5.74, 6) is -2.61. The van der Waals surface area contributed by atoms with E-state index in [0.29, 0.717) is 0 Å². The van der Waals surface area contributed by atoms with Crippen molar-refractivity contribution >= 4 is 28.8 Å². The maximum absolute atomic E-state index is 11.7. The number of hydrogen-bond donors (Lipinski definition) is 1. The summed E-state index contributed by atoms with van der Waals surface area (Å²) in [5.41, 5.74) is 0. The lowest BCUT2D eigenvalue weighted by Gasteiger charge is -2.13. The third kappa shape index (κ3) is 1.30. The van der Waals surface area contributed by atoms with Gasteiger partial charge in [0.2, 0.25) is 11.8 Å². The summed E-state index contributed by atoms with van der Waals surface area (Å²) in [5, 5.41) is -0.971. The van der Waals surface area contributed by atoms with Gasteiger partial charge in [0.05, 0.1) is 13.0 Å². The van der Waals surface area contributed by atoms with E-state index >= 15 is 0 Å². The van der Waals surface area contributed by atoms with Gasteiger partial charge in [0, 0.05) is 7.05 Å². The van der Waals surface area contributed by atoms with Gasteiger partial charge in [-0.1, -0.05) is 0 Å². The Bertz CT molecular complexity index is 409. The Morgan fingerprint density at radius 2 is 2.06 bits per heavy atom. The Balaban J connectivity index is 2.37. The number of carbonyl (C=O) groups excluding carboxylic acids is 3. The van der Waals surface area contributed by atoms with Gasteiger partial charge in [0.25, 0.3) is 0 Å². The molecule has 2 rings (SSSR count). The molecule has 2 aliphatic rings. The fourth-order valence-electron chi connectivity index (χ4n) is 1.94. The van der Waals surface area contributed by atoms with Crippen LogP contribution in [0.3, 0.4) is 0 Å². The number of imide groups is 1. The number of methoxy groups -OCH3 is 1. The van der Waals surface area contributed by atoms with E-state index in [0.717, 1.165) is 4.90 Å². The second kappa shape index (κ2) is 3.63. The molecule has 16 heavy (non-hydrogen) atoms. The molecule has 0 saturated carbocycles. The summed E-state index contributed by atoms with van der Waals surface area (Å²) in [6, 6.07) is -1.00. The lowest BCUT2D eigenvalue weighted by atomic mass is 9.99. The molecular weight excluding hydrogens is 236 g/mol. The molecule has 2 saturated heterocycles. The van der Waals surface area contributed by atoms with E-state index in [1.807, 2.05) is 0 Å². The number of amides is 2. The molecule has 0 radical (unpaired) electrons. The molecule has 0 aromatic carbocycles. The molecule has 2 amide bonds. The van der Waals surface area contributed by atoms with E-state index in [1.165, 1.54) is 14.2 Å². The van der Waals surface area contributed by atoms with Crippen molar-refractivity contribution in [3.63, 3.8) is 0 Å². The van der Waals surface area contributed by atoms with Gasteiger partial charge in [-0.15, -0.1) is 0 Å². The molecule has 0 aromatic heterocycles. The molecule has 2 fully saturated rings. The first-order valence-electron chi connectivity index (χ1n) is 4.55. The SMILES string of the molecule is COC(=O)C1NS(=O)C2C(=O)N(C)C(=O)C12. The number of carbonyl (C=O) groups is 3. The van der Waals surface area contributed by atoms with Gasteiger partial charge >= 0.3 is 5.97 Å². The molecule has 1 N–H and O–H groups in total. The lowest BCUT2D eigenvalue weighted by molar-refractivity contribution is -0.147. The Hall–Kier alpha value is -1.28. The average molecular weight is 246 g/mol. The first-order chi connectivity index (χ1) is 7.49. The maximum atomic E-state index is 11.7. The van der Waals surface area contributed by atoms with Gasteiger partial charge < -0.3 is 4.74 Å². The van der Waals surface area contributed by atoms with Crippen molar-refractivity contribution in [2.75, 3.05) is 14.2 Å². The molecule has 4 atom stereocenters. The Morgan fingerprint density at radius 1 is 1.44 bits per heavy atom. The van der Waals surface area contributed by atoms with Gasteiger partial charge in [0.15, 0.2) is 0 Å². The fraction of sp³-hybridized carbons (Fsp3) is 0.625. The minimum absolute atomic E-state index is 0.497. The van der Waals surface area contributed by atoms with E-state index in [9.17, 15) is 18.6 Å². The van der Waals surface area contributed by atoms with Crippen LogP contribution in [0, 0.1) is 5.92 Å². The minimum Gasteiger partial charge on any atom is -0.468 e. The van der Waals surface area contributed by atoms with Crippen LogP contribution in [0.15, 0.2) is 0 Å². The summed E-state index contributed by atoms with van der Waals surface area (Å²) in [7, 11) is 0.771. The average Bonchev–Trinajstić information content (AvgIpc) is 2.71. The van der Waals surface area contributed by atoms with Gasteiger partial charge in [-0.3, -0.25) is 19.3 Å². The van der Waals surface area contributed by atoms with E-state index in [4.69, 9.17) is 0 Å². The molecule has 0 aliphatic carbocycles. The van der Waals surface area contributed by atoms with Gasteiger partial charge in [-0.25, -0.2) is 8.93 Å². The van der Waals surface area contributed by atoms with Crippen molar-refractivity contribution in [3.05, 3.63) is 0 Å². The molecule has 0 spiro atoms. The third-order valence-corrected chi connectivity index (χ3v) is 4.25. The summed E-state index contributed by atoms with van der Waals surface area (Å²) in [6.45, 7) is 0. The Morgan fingerprint density at radius 3 is 2.62 bits per heavy atom. The zero-order valence-electron chi connectivity index (χ0n) is 8.63. The largest absolute Gasteiger partial charge is 0.468 e. The Labute approximate surface area is 93.7 Å². The second-order valence-corrected chi connectivity index (χ2v) is 4.94. The number of ether oxygens (including phenoxy) is 1. The first kappa shape index (κ1) is 11.2. The summed E-state index contributed by atoms with van der Waals surface area (Å²) >= 11 is 0. The summed E-state index contributed by atoms with van der Waals surface area (Å²) in [6.07, 6.45) is 0. The molecule has 2 aliphatic heterocycles. The van der Waals surface area contributed by atoms with Gasteiger partial charge in [-0.05, 0) is 0 Å². The van der Waals surface area contributed by atoms with Crippen molar-refractivity contribution < 1.29 is 23.3 Å². The van der Waals surface area contributed by atoms with Crippen LogP contribution in [0.5, 0.6) is 0 Å². The van der Waals surface area contributed by atoms with Crippen LogP contribution in [0.1, 0.15) is 0 Å². The molecule has 0 bridgehead atoms. The van der Waals surface area contributed by atoms with Crippen LogP contribution in [0.4, 0.5) is 0 Å². The minimum atomic E-state index is -1.71. The number of hydrogen-bond acceptors (Lipinski definition) is 5. The lowest BCUT2D eigenvalue weighted by Crippen LogP contribution is -2.42. The van der Waals surface area contributed by atoms with Crippen molar-refractivity contribution in [2.24, 2.45) is 5.92 Å². The van der Waals surface area contributed by atoms with E-state index in [-0.39, 0.29) is 0 Å². The number of fused-ring (bicyclic) bond motifs is 1. The topological polar surface area (TPSA) is 92.8 Å². The summed E-state index contributed by atoms with van der Waals surface area (Å²) < 4.78 is 18.5. The van der Waals surface area contributed by atoms with Crippen LogP contribution in [0.25, 0.3) is 0 Å². The molecule has 88 valence electrons. The molecule has 8 heteroatoms. The van der Waals surface area contributed by atoms with Crippen molar-refractivity contribution in [3.8, 4) is 0 Å². The van der Waals surface area contributed by atoms with Crippen LogP contribution >= 0.6 is 0 Å². The number of rotatable bonds is 1. The maximum Gasteiger partial charge on any atom is 0.324 e. The van der Waals surface area contributed by atoms with Crippen molar-refractivity contribution in [1.82, 2.24) is 9.62 Å². The fourth-order valence-corrected chi connectivity index (χ4v) is 3.46. The van der Waals surface area contributed by atoms with E-state index in [1.54, 1.807) is 0 Å². The highest BCUT2D eigenvalue weighted by Crippen LogP contribution is 2.31. The molecule has 0 aromatic rings. The van der Waals surface area contributed by atoms with Gasteiger partial charge in [0.1, 0.15) is 22.3 Å². The smallest absolute Gasteiger partial charge is 0.324 e. The zero-order chi connectivity index (χ0) is 12.0. The number of nitrogens with one attached hydrogen (secondary N) is 1. The van der Waals surface area contributed by atoms with Crippen molar-refractivity contribution in [2.45, 2.75) is 11.3 Å². The number of likely N-dealkylation sites (tertiary alicyclic amines) is 1. The predicted octanol–water partition coefficient (Wildman–Crippen LogP) is -2.22. The van der Waals surface area contributed by atoms with Crippen molar-refractivity contribution in [1.29, 1.82) is 0 Å². The standard InChI is InChI=1S/C8H10N2O5S/c1-10-6(11)3-4(8(13)15-2)9-16(14)5(3)7(10)12/h3-5,9H,1-2H3. The van der Waals surface area contributed by atoms with Crippen LogP contribution in [-0.2, 0) is 30.1 Å². The second-order valence-electron chi connectivity index (χ2n) is 3.60. The number of nitrogens with zero attached hydrogens (tertiary/aromatic N) is 1. The molecule has 7 nitrogen and oxygen atoms in total. The Kier molecular flexibility index (Phi) is 2.55. The third-order valence-electron chi connectivity index (χ3n) is 2.80. The zero-order valence-corrected chi connectivity index (χ0v) is 9.45. The molecule has 4 unspecified atom stereocenters. The number of esters is 1. The molecule has 2 heterocycles. The van der Waals surface area contributed by atoms with E-state index < -0.39 is 46.0 Å². The highest BCUT2D eigenvalue weighted by Gasteiger charge is 2.60. The van der Waals surface area contributed by atoms with E-state index in [2.05, 4.69) is 9.46 Å². The summed E-state index contributed by atoms with van der Waals surface area (Å²) in [4.78, 5) is 35.5. The van der Waals surface area contributed by atoms with Crippen LogP contribution in [0.2, 0.25) is 0 Å². The first-order valence-corrected chi connectivity index (χ1v) is 5.76. The predicted molar refractivity (Wildman–Crippen MR) is 52.1 cm³/mol. The van der Waals surface area contributed by atoms with Crippen LogP contribution in [-0.4, -0.2) is 52.3 Å². The normalized spacial score (nSPS) is 37.8. The molecular formula is C8H10N2O5S. The van der Waals surface area contributed by atoms with Crippen LogP contribution < -0.4 is 4.72 Å². The monoisotopic (exact) mass is 246 g/mol.